The fourth-order valence-corrected chi connectivity index (χ4v) is 3.40. The van der Waals surface area contributed by atoms with Gasteiger partial charge >= 0.3 is 0 Å². The van der Waals surface area contributed by atoms with E-state index in [2.05, 4.69) is 5.32 Å². The van der Waals surface area contributed by atoms with Crippen LogP contribution in [0.25, 0.3) is 0 Å². The van der Waals surface area contributed by atoms with E-state index in [1.165, 1.54) is 0 Å². The number of carbonyl (C=O) groups excluding carboxylic acids is 1. The van der Waals surface area contributed by atoms with Gasteiger partial charge in [0.2, 0.25) is 0 Å². The van der Waals surface area contributed by atoms with Gasteiger partial charge in [-0.15, -0.1) is 0 Å². The molecule has 26 heavy (non-hydrogen) atoms. The summed E-state index contributed by atoms with van der Waals surface area (Å²) in [6, 6.07) is 5.04. The maximum atomic E-state index is 12.1. The van der Waals surface area contributed by atoms with E-state index in [4.69, 9.17) is 72.2 Å². The summed E-state index contributed by atoms with van der Waals surface area (Å²) in [5, 5.41) is 2.60. The molecule has 10 heteroatoms. The third kappa shape index (κ3) is 4.02. The molecule has 0 atom stereocenters. The van der Waals surface area contributed by atoms with E-state index in [0.717, 1.165) is 0 Å². The second-order valence-corrected chi connectivity index (χ2v) is 6.98. The Morgan fingerprint density at radius 3 is 2.15 bits per heavy atom. The van der Waals surface area contributed by atoms with E-state index in [-0.39, 0.29) is 37.5 Å². The first-order chi connectivity index (χ1) is 12.4. The van der Waals surface area contributed by atoms with Gasteiger partial charge in [-0.1, -0.05) is 58.0 Å². The molecule has 0 bridgehead atoms. The van der Waals surface area contributed by atoms with Crippen LogP contribution in [0.3, 0.4) is 0 Å². The van der Waals surface area contributed by atoms with Gasteiger partial charge in [0.1, 0.15) is 23.3 Å². The number of ether oxygens (including phenoxy) is 3. The third-order valence-corrected chi connectivity index (χ3v) is 5.59. The van der Waals surface area contributed by atoms with E-state index >= 15 is 0 Å². The Hall–Kier alpha value is -1.24. The molecule has 138 valence electrons. The third-order valence-electron chi connectivity index (χ3n) is 3.34. The molecule has 0 aromatic heterocycles. The van der Waals surface area contributed by atoms with Crippen LogP contribution in [0.1, 0.15) is 0 Å². The summed E-state index contributed by atoms with van der Waals surface area (Å²) >= 11 is 29.9. The predicted molar refractivity (Wildman–Crippen MR) is 103 cm³/mol. The quantitative estimate of drug-likeness (QED) is 0.470. The molecule has 0 aliphatic carbocycles. The summed E-state index contributed by atoms with van der Waals surface area (Å²) in [6.07, 6.45) is 0. The summed E-state index contributed by atoms with van der Waals surface area (Å²) in [5.74, 6) is 0.702. The molecule has 0 saturated carbocycles. The van der Waals surface area contributed by atoms with Crippen molar-refractivity contribution in [3.8, 4) is 17.2 Å². The van der Waals surface area contributed by atoms with Crippen LogP contribution in [0, 0.1) is 0 Å². The predicted octanol–water partition coefficient (Wildman–Crippen LogP) is 5.74. The van der Waals surface area contributed by atoms with E-state index in [0.29, 0.717) is 30.4 Å². The number of nitrogens with one attached hydrogen (secondary N) is 1. The van der Waals surface area contributed by atoms with Gasteiger partial charge in [0, 0.05) is 11.8 Å². The van der Waals surface area contributed by atoms with Gasteiger partial charge < -0.3 is 19.5 Å². The molecule has 0 unspecified atom stereocenters. The first kappa shape index (κ1) is 19.5. The van der Waals surface area contributed by atoms with Gasteiger partial charge in [0.05, 0.1) is 15.1 Å². The van der Waals surface area contributed by atoms with E-state index in [1.54, 1.807) is 18.2 Å². The van der Waals surface area contributed by atoms with Crippen molar-refractivity contribution in [2.75, 3.05) is 25.1 Å². The average Bonchev–Trinajstić information content (AvgIpc) is 2.64. The smallest absolute Gasteiger partial charge is 0.262 e. The molecule has 1 N–H and O–H groups in total. The minimum Gasteiger partial charge on any atom is -0.486 e. The largest absolute Gasteiger partial charge is 0.486 e. The molecule has 1 amide bonds. The fourth-order valence-electron chi connectivity index (χ4n) is 2.17. The zero-order valence-corrected chi connectivity index (χ0v) is 16.7. The van der Waals surface area contributed by atoms with Crippen LogP contribution in [0.4, 0.5) is 5.69 Å². The molecule has 1 aliphatic heterocycles. The van der Waals surface area contributed by atoms with E-state index in [1.807, 2.05) is 0 Å². The number of hydrogen-bond donors (Lipinski definition) is 1. The Morgan fingerprint density at radius 2 is 1.50 bits per heavy atom. The Bertz CT molecular complexity index is 845. The molecular formula is C16H10Cl5NO4. The molecule has 1 heterocycles. The van der Waals surface area contributed by atoms with E-state index in [9.17, 15) is 4.79 Å². The van der Waals surface area contributed by atoms with Crippen molar-refractivity contribution in [3.05, 3.63) is 43.3 Å². The van der Waals surface area contributed by atoms with Gasteiger partial charge in [0.15, 0.2) is 23.9 Å². The molecule has 5 nitrogen and oxygen atoms in total. The van der Waals surface area contributed by atoms with Crippen molar-refractivity contribution in [2.24, 2.45) is 0 Å². The van der Waals surface area contributed by atoms with E-state index < -0.39 is 5.91 Å². The zero-order valence-electron chi connectivity index (χ0n) is 12.9. The van der Waals surface area contributed by atoms with Gasteiger partial charge in [-0.2, -0.15) is 0 Å². The Balaban J connectivity index is 1.68. The molecule has 2 aromatic rings. The SMILES string of the molecule is O=C(COc1c(Cl)c(Cl)c(Cl)c(Cl)c1Cl)Nc1ccc2c(c1)OCCO2. The molecular weight excluding hydrogens is 447 g/mol. The molecule has 2 aromatic carbocycles. The van der Waals surface area contributed by atoms with Crippen molar-refractivity contribution in [1.82, 2.24) is 0 Å². The standard InChI is InChI=1S/C16H10Cl5NO4/c17-11-12(18)14(20)16(15(21)13(11)19)26-6-10(23)22-7-1-2-8-9(5-7)25-4-3-24-8/h1-2,5H,3-4,6H2,(H,22,23). The van der Waals surface area contributed by atoms with Crippen molar-refractivity contribution in [3.63, 3.8) is 0 Å². The highest BCUT2D eigenvalue weighted by molar-refractivity contribution is 6.55. The summed E-state index contributed by atoms with van der Waals surface area (Å²) in [5.41, 5.74) is 0.521. The number of carbonyl (C=O) groups is 1. The summed E-state index contributed by atoms with van der Waals surface area (Å²) in [4.78, 5) is 12.1. The summed E-state index contributed by atoms with van der Waals surface area (Å²) < 4.78 is 16.3. The lowest BCUT2D eigenvalue weighted by Gasteiger charge is -2.19. The minimum absolute atomic E-state index is 0.00928. The maximum Gasteiger partial charge on any atom is 0.262 e. The number of amides is 1. The van der Waals surface area contributed by atoms with Gasteiger partial charge in [-0.25, -0.2) is 0 Å². The zero-order chi connectivity index (χ0) is 18.8. The number of fused-ring (bicyclic) bond motifs is 1. The molecule has 0 radical (unpaired) electrons. The Kier molecular flexibility index (Phi) is 6.15. The van der Waals surface area contributed by atoms with Crippen LogP contribution in [-0.2, 0) is 4.79 Å². The molecule has 1 aliphatic rings. The summed E-state index contributed by atoms with van der Waals surface area (Å²) in [7, 11) is 0. The van der Waals surface area contributed by atoms with Crippen molar-refractivity contribution in [1.29, 1.82) is 0 Å². The molecule has 0 saturated heterocycles. The number of rotatable bonds is 4. The number of benzene rings is 2. The second kappa shape index (κ2) is 8.19. The summed E-state index contributed by atoms with van der Waals surface area (Å²) in [6.45, 7) is 0.561. The van der Waals surface area contributed by atoms with Gasteiger partial charge in [-0.3, -0.25) is 4.79 Å². The monoisotopic (exact) mass is 455 g/mol. The first-order valence-electron chi connectivity index (χ1n) is 7.22. The number of halogens is 5. The highest BCUT2D eigenvalue weighted by Crippen LogP contribution is 2.48. The lowest BCUT2D eigenvalue weighted by molar-refractivity contribution is -0.118. The molecule has 0 spiro atoms. The van der Waals surface area contributed by atoms with Crippen LogP contribution >= 0.6 is 58.0 Å². The normalized spacial score (nSPS) is 12.7. The lowest BCUT2D eigenvalue weighted by atomic mass is 10.2. The van der Waals surface area contributed by atoms with Crippen LogP contribution in [0.2, 0.25) is 25.1 Å². The molecule has 3 rings (SSSR count). The first-order valence-corrected chi connectivity index (χ1v) is 9.11. The maximum absolute atomic E-state index is 12.1. The second-order valence-electron chi connectivity index (χ2n) is 5.09. The topological polar surface area (TPSA) is 56.8 Å². The van der Waals surface area contributed by atoms with Crippen LogP contribution < -0.4 is 19.5 Å². The Labute approximate surface area is 174 Å². The number of anilines is 1. The van der Waals surface area contributed by atoms with Crippen LogP contribution in [0.15, 0.2) is 18.2 Å². The van der Waals surface area contributed by atoms with Crippen molar-refractivity contribution >= 4 is 69.6 Å². The highest BCUT2D eigenvalue weighted by Gasteiger charge is 2.21. The van der Waals surface area contributed by atoms with Crippen molar-refractivity contribution < 1.29 is 19.0 Å². The van der Waals surface area contributed by atoms with Crippen LogP contribution in [0.5, 0.6) is 17.2 Å². The van der Waals surface area contributed by atoms with Gasteiger partial charge in [-0.05, 0) is 12.1 Å². The average molecular weight is 458 g/mol. The highest BCUT2D eigenvalue weighted by atomic mass is 35.5. The minimum atomic E-state index is -0.448. The van der Waals surface area contributed by atoms with Gasteiger partial charge in [0.25, 0.3) is 5.91 Å². The van der Waals surface area contributed by atoms with Crippen molar-refractivity contribution in [2.45, 2.75) is 0 Å². The lowest BCUT2D eigenvalue weighted by Crippen LogP contribution is -2.21. The Morgan fingerprint density at radius 1 is 0.923 bits per heavy atom. The fraction of sp³-hybridized carbons (Fsp3) is 0.188. The van der Waals surface area contributed by atoms with Crippen LogP contribution in [-0.4, -0.2) is 25.7 Å². The molecule has 0 fully saturated rings. The number of hydrogen-bond acceptors (Lipinski definition) is 4.